The SMILES string of the molecule is CCOC(=O)c1c(NC(=O)NN=Cc2ccc(O)c(OC)c2)sc2c1CCC2. The summed E-state index contributed by atoms with van der Waals surface area (Å²) in [5.74, 6) is -0.0972. The number of nitrogens with zero attached hydrogens (tertiary/aromatic N) is 1. The molecule has 1 aliphatic carbocycles. The first-order valence-corrected chi connectivity index (χ1v) is 9.63. The maximum absolute atomic E-state index is 12.3. The molecule has 148 valence electrons. The van der Waals surface area contributed by atoms with Gasteiger partial charge >= 0.3 is 12.0 Å². The molecule has 2 aromatic rings. The van der Waals surface area contributed by atoms with E-state index in [0.717, 1.165) is 29.7 Å². The van der Waals surface area contributed by atoms with Gasteiger partial charge in [-0.1, -0.05) is 0 Å². The van der Waals surface area contributed by atoms with Gasteiger partial charge < -0.3 is 14.6 Å². The number of aryl methyl sites for hydroxylation is 1. The number of fused-ring (bicyclic) bond motifs is 1. The number of nitrogens with one attached hydrogen (secondary N) is 2. The highest BCUT2D eigenvalue weighted by molar-refractivity contribution is 7.17. The number of rotatable bonds is 6. The first-order chi connectivity index (χ1) is 13.5. The van der Waals surface area contributed by atoms with Gasteiger partial charge in [-0.25, -0.2) is 15.0 Å². The molecule has 0 bridgehead atoms. The van der Waals surface area contributed by atoms with E-state index in [2.05, 4.69) is 15.8 Å². The van der Waals surface area contributed by atoms with E-state index in [-0.39, 0.29) is 12.4 Å². The van der Waals surface area contributed by atoms with E-state index >= 15 is 0 Å². The fraction of sp³-hybridized carbons (Fsp3) is 0.316. The molecule has 1 aromatic heterocycles. The maximum atomic E-state index is 12.3. The third-order valence-corrected chi connectivity index (χ3v) is 5.42. The molecule has 0 radical (unpaired) electrons. The summed E-state index contributed by atoms with van der Waals surface area (Å²) >= 11 is 1.40. The standard InChI is InChI=1S/C19H21N3O5S/c1-3-27-18(24)16-12-5-4-6-15(12)28-17(16)21-19(25)22-20-10-11-7-8-13(23)14(9-11)26-2/h7-10,23H,3-6H2,1-2H3,(H2,21,22,25). The average molecular weight is 403 g/mol. The fourth-order valence-corrected chi connectivity index (χ4v) is 4.25. The van der Waals surface area contributed by atoms with Crippen LogP contribution < -0.4 is 15.5 Å². The minimum absolute atomic E-state index is 0.0163. The monoisotopic (exact) mass is 403 g/mol. The second-order valence-electron chi connectivity index (χ2n) is 6.04. The number of anilines is 1. The van der Waals surface area contributed by atoms with Crippen LogP contribution >= 0.6 is 11.3 Å². The highest BCUT2D eigenvalue weighted by Gasteiger charge is 2.28. The lowest BCUT2D eigenvalue weighted by atomic mass is 10.1. The summed E-state index contributed by atoms with van der Waals surface area (Å²) in [5, 5.41) is 16.6. The van der Waals surface area contributed by atoms with Crippen molar-refractivity contribution >= 4 is 34.6 Å². The van der Waals surface area contributed by atoms with Crippen molar-refractivity contribution in [3.63, 3.8) is 0 Å². The van der Waals surface area contributed by atoms with Crippen LogP contribution in [-0.4, -0.2) is 37.0 Å². The molecular formula is C19H21N3O5S. The van der Waals surface area contributed by atoms with E-state index in [9.17, 15) is 14.7 Å². The van der Waals surface area contributed by atoms with Crippen molar-refractivity contribution in [3.8, 4) is 11.5 Å². The maximum Gasteiger partial charge on any atom is 0.341 e. The van der Waals surface area contributed by atoms with Crippen molar-refractivity contribution in [3.05, 3.63) is 39.8 Å². The number of carbonyl (C=O) groups excluding carboxylic acids is 2. The van der Waals surface area contributed by atoms with Gasteiger partial charge in [0.1, 0.15) is 5.00 Å². The van der Waals surface area contributed by atoms with E-state index in [1.165, 1.54) is 30.7 Å². The van der Waals surface area contributed by atoms with E-state index in [0.29, 0.717) is 21.9 Å². The Morgan fingerprint density at radius 2 is 2.18 bits per heavy atom. The first-order valence-electron chi connectivity index (χ1n) is 8.82. The number of benzene rings is 1. The molecule has 3 N–H and O–H groups in total. The number of methoxy groups -OCH3 is 1. The van der Waals surface area contributed by atoms with Crippen LogP contribution in [0, 0.1) is 0 Å². The van der Waals surface area contributed by atoms with Crippen LogP contribution in [0.15, 0.2) is 23.3 Å². The molecule has 0 saturated carbocycles. The Hall–Kier alpha value is -3.07. The summed E-state index contributed by atoms with van der Waals surface area (Å²) in [6, 6.07) is 4.12. The summed E-state index contributed by atoms with van der Waals surface area (Å²) in [7, 11) is 1.45. The molecule has 2 amide bonds. The largest absolute Gasteiger partial charge is 0.504 e. The molecule has 1 heterocycles. The van der Waals surface area contributed by atoms with E-state index < -0.39 is 12.0 Å². The van der Waals surface area contributed by atoms with Gasteiger partial charge in [0, 0.05) is 4.88 Å². The molecular weight excluding hydrogens is 382 g/mol. The fourth-order valence-electron chi connectivity index (χ4n) is 2.98. The lowest BCUT2D eigenvalue weighted by Crippen LogP contribution is -2.25. The van der Waals surface area contributed by atoms with Gasteiger partial charge in [0.2, 0.25) is 0 Å². The number of hydrogen-bond donors (Lipinski definition) is 3. The molecule has 3 rings (SSSR count). The normalized spacial score (nSPS) is 12.6. The Morgan fingerprint density at radius 1 is 1.36 bits per heavy atom. The van der Waals surface area contributed by atoms with E-state index in [1.54, 1.807) is 19.1 Å². The van der Waals surface area contributed by atoms with Crippen molar-refractivity contribution in [2.24, 2.45) is 5.10 Å². The highest BCUT2D eigenvalue weighted by Crippen LogP contribution is 2.39. The second-order valence-corrected chi connectivity index (χ2v) is 7.14. The van der Waals surface area contributed by atoms with Crippen LogP contribution in [0.5, 0.6) is 11.5 Å². The number of amides is 2. The third-order valence-electron chi connectivity index (χ3n) is 4.21. The summed E-state index contributed by atoms with van der Waals surface area (Å²) in [6.45, 7) is 2.02. The average Bonchev–Trinajstić information content (AvgIpc) is 3.23. The highest BCUT2D eigenvalue weighted by atomic mass is 32.1. The number of ether oxygens (including phenoxy) is 2. The summed E-state index contributed by atoms with van der Waals surface area (Å²) < 4.78 is 10.2. The number of hydrogen-bond acceptors (Lipinski definition) is 7. The van der Waals surface area contributed by atoms with Crippen LogP contribution in [0.25, 0.3) is 0 Å². The zero-order valence-corrected chi connectivity index (χ0v) is 16.4. The molecule has 9 heteroatoms. The van der Waals surface area contributed by atoms with Crippen LogP contribution in [0.4, 0.5) is 9.80 Å². The molecule has 0 atom stereocenters. The van der Waals surface area contributed by atoms with Gasteiger partial charge in [-0.15, -0.1) is 11.3 Å². The van der Waals surface area contributed by atoms with E-state index in [1.807, 2.05) is 0 Å². The van der Waals surface area contributed by atoms with Gasteiger partial charge in [-0.3, -0.25) is 5.32 Å². The molecule has 0 spiro atoms. The topological polar surface area (TPSA) is 109 Å². The van der Waals surface area contributed by atoms with Crippen LogP contribution in [0.1, 0.15) is 39.7 Å². The predicted molar refractivity (Wildman–Crippen MR) is 107 cm³/mol. The molecule has 1 aromatic carbocycles. The lowest BCUT2D eigenvalue weighted by molar-refractivity contribution is 0.0527. The Bertz CT molecular complexity index is 923. The van der Waals surface area contributed by atoms with Gasteiger partial charge in [0.15, 0.2) is 11.5 Å². The Kier molecular flexibility index (Phi) is 6.15. The Morgan fingerprint density at radius 3 is 2.93 bits per heavy atom. The first kappa shape index (κ1) is 19.7. The zero-order chi connectivity index (χ0) is 20.1. The molecule has 28 heavy (non-hydrogen) atoms. The molecule has 0 unspecified atom stereocenters. The number of urea groups is 1. The number of phenolic OH excluding ortho intramolecular Hbond substituents is 1. The molecule has 0 saturated heterocycles. The van der Waals surface area contributed by atoms with Gasteiger partial charge in [0.25, 0.3) is 0 Å². The molecule has 8 nitrogen and oxygen atoms in total. The number of esters is 1. The van der Waals surface area contributed by atoms with Crippen LogP contribution in [0.2, 0.25) is 0 Å². The van der Waals surface area contributed by atoms with Crippen LogP contribution in [-0.2, 0) is 17.6 Å². The van der Waals surface area contributed by atoms with Gasteiger partial charge in [0.05, 0.1) is 25.5 Å². The molecule has 0 fully saturated rings. The van der Waals surface area contributed by atoms with Gasteiger partial charge in [-0.05, 0) is 55.5 Å². The summed E-state index contributed by atoms with van der Waals surface area (Å²) in [5.41, 5.74) is 4.42. The lowest BCUT2D eigenvalue weighted by Gasteiger charge is -2.07. The van der Waals surface area contributed by atoms with Crippen molar-refractivity contribution in [2.45, 2.75) is 26.2 Å². The third kappa shape index (κ3) is 4.25. The zero-order valence-electron chi connectivity index (χ0n) is 15.6. The number of carbonyl (C=O) groups is 2. The second kappa shape index (κ2) is 8.75. The van der Waals surface area contributed by atoms with Gasteiger partial charge in [-0.2, -0.15) is 5.10 Å². The summed E-state index contributed by atoms with van der Waals surface area (Å²) in [6.07, 6.45) is 4.13. The Balaban J connectivity index is 1.68. The number of aromatic hydroxyl groups is 1. The number of thiophene rings is 1. The van der Waals surface area contributed by atoms with Crippen molar-refractivity contribution < 1.29 is 24.2 Å². The number of phenols is 1. The van der Waals surface area contributed by atoms with Crippen LogP contribution in [0.3, 0.4) is 0 Å². The molecule has 1 aliphatic rings. The number of hydrazone groups is 1. The minimum Gasteiger partial charge on any atom is -0.504 e. The predicted octanol–water partition coefficient (Wildman–Crippen LogP) is 3.28. The van der Waals surface area contributed by atoms with E-state index in [4.69, 9.17) is 9.47 Å². The minimum atomic E-state index is -0.563. The quantitative estimate of drug-likeness (QED) is 0.390. The smallest absolute Gasteiger partial charge is 0.341 e. The van der Waals surface area contributed by atoms with Crippen molar-refractivity contribution in [1.29, 1.82) is 0 Å². The van der Waals surface area contributed by atoms with Crippen molar-refractivity contribution in [2.75, 3.05) is 19.0 Å². The molecule has 0 aliphatic heterocycles. The Labute approximate surface area is 166 Å². The summed E-state index contributed by atoms with van der Waals surface area (Å²) in [4.78, 5) is 25.6. The van der Waals surface area contributed by atoms with Crippen molar-refractivity contribution in [1.82, 2.24) is 5.43 Å².